The van der Waals surface area contributed by atoms with E-state index in [-0.39, 0.29) is 22.6 Å². The summed E-state index contributed by atoms with van der Waals surface area (Å²) in [6, 6.07) is 2.47. The Bertz CT molecular complexity index is 957. The average molecular weight is 434 g/mol. The number of carbonyl (C=O) groups excluding carboxylic acids is 4. The van der Waals surface area contributed by atoms with Gasteiger partial charge in [-0.15, -0.1) is 11.3 Å². The van der Waals surface area contributed by atoms with Gasteiger partial charge in [-0.1, -0.05) is 12.6 Å². The second-order valence-electron chi connectivity index (χ2n) is 6.13. The van der Waals surface area contributed by atoms with Crippen LogP contribution in [0, 0.1) is 0 Å². The van der Waals surface area contributed by atoms with Gasteiger partial charge in [0.25, 0.3) is 5.91 Å². The van der Waals surface area contributed by atoms with Gasteiger partial charge in [-0.05, 0) is 11.4 Å². The van der Waals surface area contributed by atoms with Crippen LogP contribution < -0.4 is 5.32 Å². The summed E-state index contributed by atoms with van der Waals surface area (Å²) < 4.78 is 22.0. The fraction of sp³-hybridized carbons (Fsp3) is 0.294. The van der Waals surface area contributed by atoms with Crippen LogP contribution in [0.15, 0.2) is 40.3 Å². The molecular weight excluding hydrogens is 419 g/mol. The molecular formula is C17H15BN2O7S2. The Labute approximate surface area is 173 Å². The largest absolute Gasteiger partial charge is 0.539 e. The maximum atomic E-state index is 12.9. The van der Waals surface area contributed by atoms with Gasteiger partial charge >= 0.3 is 20.0 Å². The van der Waals surface area contributed by atoms with E-state index in [1.807, 2.05) is 5.38 Å². The molecule has 29 heavy (non-hydrogen) atoms. The normalized spacial score (nSPS) is 23.2. The van der Waals surface area contributed by atoms with E-state index >= 15 is 0 Å². The number of fused-ring (bicyclic) bond motifs is 1. The minimum atomic E-state index is -1.86. The van der Waals surface area contributed by atoms with Crippen molar-refractivity contribution in [3.63, 3.8) is 0 Å². The molecule has 3 heterocycles. The summed E-state index contributed by atoms with van der Waals surface area (Å²) in [5.74, 6) is -2.80. The summed E-state index contributed by atoms with van der Waals surface area (Å²) in [5, 5.41) is 3.32. The summed E-state index contributed by atoms with van der Waals surface area (Å²) in [7, 11) is 3.10. The topological polar surface area (TPSA) is 119 Å². The Balaban J connectivity index is 1.86. The molecule has 0 aromatic carbocycles. The standard InChI is InChI=1S/C17H15BN2O7S2/c1-8-11(7-26-9(2)21)14(17(24)27-18)20-15(23)13(16(20)29(8)25)19-12(22)6-10-4-3-5-28-10/h3-5,13,16H,1,6-7H2,2H3,(H,19,22)/t13-,16-,29?/m1/s1. The quantitative estimate of drug-likeness (QED) is 0.370. The number of hydrogen-bond donors (Lipinski definition) is 1. The predicted molar refractivity (Wildman–Crippen MR) is 103 cm³/mol. The van der Waals surface area contributed by atoms with Crippen LogP contribution in [0.5, 0.6) is 0 Å². The van der Waals surface area contributed by atoms with Crippen molar-refractivity contribution < 1.29 is 32.8 Å². The van der Waals surface area contributed by atoms with Crippen LogP contribution in [-0.2, 0) is 45.8 Å². The van der Waals surface area contributed by atoms with Crippen molar-refractivity contribution in [1.29, 1.82) is 0 Å². The van der Waals surface area contributed by atoms with E-state index in [1.165, 1.54) is 11.3 Å². The second-order valence-corrected chi connectivity index (χ2v) is 8.74. The zero-order valence-electron chi connectivity index (χ0n) is 15.2. The van der Waals surface area contributed by atoms with Gasteiger partial charge in [-0.25, -0.2) is 4.79 Å². The summed E-state index contributed by atoms with van der Waals surface area (Å²) >= 11 is 1.39. The number of hydrogen-bond acceptors (Lipinski definition) is 8. The van der Waals surface area contributed by atoms with Crippen molar-refractivity contribution in [3.05, 3.63) is 45.1 Å². The molecule has 0 bridgehead atoms. The Kier molecular flexibility index (Phi) is 6.03. The zero-order chi connectivity index (χ0) is 21.3. The van der Waals surface area contributed by atoms with Crippen LogP contribution in [0.3, 0.4) is 0 Å². The van der Waals surface area contributed by atoms with E-state index in [0.29, 0.717) is 0 Å². The Morgan fingerprint density at radius 3 is 2.72 bits per heavy atom. The summed E-state index contributed by atoms with van der Waals surface area (Å²) in [4.78, 5) is 50.0. The summed E-state index contributed by atoms with van der Waals surface area (Å²) in [5.41, 5.74) is -0.334. The molecule has 0 spiro atoms. The Morgan fingerprint density at radius 1 is 1.41 bits per heavy atom. The second kappa shape index (κ2) is 8.33. The van der Waals surface area contributed by atoms with Crippen LogP contribution in [0.1, 0.15) is 11.8 Å². The van der Waals surface area contributed by atoms with E-state index in [4.69, 9.17) is 12.8 Å². The molecule has 12 heteroatoms. The van der Waals surface area contributed by atoms with Gasteiger partial charge in [0, 0.05) is 22.3 Å². The number of carbonyl (C=O) groups is 4. The lowest BCUT2D eigenvalue weighted by Crippen LogP contribution is -2.73. The van der Waals surface area contributed by atoms with Crippen molar-refractivity contribution in [2.45, 2.75) is 24.8 Å². The molecule has 150 valence electrons. The number of amides is 2. The number of nitrogens with zero attached hydrogens (tertiary/aromatic N) is 1. The van der Waals surface area contributed by atoms with Gasteiger partial charge in [-0.2, -0.15) is 0 Å². The fourth-order valence-corrected chi connectivity index (χ4v) is 5.22. The molecule has 2 radical (unpaired) electrons. The fourth-order valence-electron chi connectivity index (χ4n) is 2.99. The number of esters is 1. The SMILES string of the molecule is [B]OC(=O)C1=C(COC(C)=O)C(=C)S(=O)[C@@H]2[C@H](NC(=O)Cc3cccs3)C(=O)N12. The highest BCUT2D eigenvalue weighted by Gasteiger charge is 2.58. The molecule has 1 fully saturated rings. The van der Waals surface area contributed by atoms with Crippen LogP contribution in [0.4, 0.5) is 0 Å². The molecule has 3 atom stereocenters. The van der Waals surface area contributed by atoms with Gasteiger partial charge in [-0.3, -0.25) is 23.5 Å². The van der Waals surface area contributed by atoms with E-state index in [2.05, 4.69) is 16.6 Å². The molecule has 1 aromatic heterocycles. The third-order valence-electron chi connectivity index (χ3n) is 4.32. The van der Waals surface area contributed by atoms with Gasteiger partial charge < -0.3 is 14.7 Å². The molecule has 0 aliphatic carbocycles. The monoisotopic (exact) mass is 434 g/mol. The number of ether oxygens (including phenoxy) is 1. The van der Waals surface area contributed by atoms with Crippen molar-refractivity contribution in [2.75, 3.05) is 6.61 Å². The lowest BCUT2D eigenvalue weighted by Gasteiger charge is -2.49. The molecule has 1 N–H and O–H groups in total. The van der Waals surface area contributed by atoms with Crippen LogP contribution in [-0.4, -0.2) is 58.9 Å². The molecule has 1 aromatic rings. The number of rotatable bonds is 6. The minimum Gasteiger partial charge on any atom is -0.539 e. The molecule has 9 nitrogen and oxygen atoms in total. The maximum Gasteiger partial charge on any atom is 0.378 e. The Morgan fingerprint density at radius 2 is 2.14 bits per heavy atom. The van der Waals surface area contributed by atoms with Crippen LogP contribution in [0.25, 0.3) is 0 Å². The first-order chi connectivity index (χ1) is 13.8. The molecule has 3 rings (SSSR count). The van der Waals surface area contributed by atoms with Crippen molar-refractivity contribution in [2.24, 2.45) is 0 Å². The molecule has 2 aliphatic heterocycles. The molecule has 1 saturated heterocycles. The van der Waals surface area contributed by atoms with E-state index in [1.54, 1.807) is 12.1 Å². The van der Waals surface area contributed by atoms with Gasteiger partial charge in [0.1, 0.15) is 23.7 Å². The van der Waals surface area contributed by atoms with Gasteiger partial charge in [0.05, 0.1) is 17.2 Å². The number of nitrogens with one attached hydrogen (secondary N) is 1. The van der Waals surface area contributed by atoms with Crippen LogP contribution >= 0.6 is 11.3 Å². The summed E-state index contributed by atoms with van der Waals surface area (Å²) in [6.45, 7) is 4.41. The highest BCUT2D eigenvalue weighted by atomic mass is 32.2. The first-order valence-electron chi connectivity index (χ1n) is 8.28. The predicted octanol–water partition coefficient (Wildman–Crippen LogP) is -0.336. The average Bonchev–Trinajstić information content (AvgIpc) is 3.18. The van der Waals surface area contributed by atoms with Crippen molar-refractivity contribution in [3.8, 4) is 0 Å². The van der Waals surface area contributed by atoms with Crippen LogP contribution in [0.2, 0.25) is 0 Å². The van der Waals surface area contributed by atoms with Gasteiger partial charge in [0.2, 0.25) is 5.91 Å². The number of thiophene rings is 1. The van der Waals surface area contributed by atoms with Crippen molar-refractivity contribution >= 4 is 53.9 Å². The molecule has 0 saturated carbocycles. The first kappa shape index (κ1) is 21.0. The first-order valence-corrected chi connectivity index (χ1v) is 10.4. The van der Waals surface area contributed by atoms with E-state index in [0.717, 1.165) is 16.7 Å². The summed E-state index contributed by atoms with van der Waals surface area (Å²) in [6.07, 6.45) is 0.0625. The van der Waals surface area contributed by atoms with E-state index < -0.39 is 52.6 Å². The lowest BCUT2D eigenvalue weighted by atomic mass is 10.0. The smallest absolute Gasteiger partial charge is 0.378 e. The number of β-lactam (4-membered cyclic amide) rings is 1. The van der Waals surface area contributed by atoms with Crippen molar-refractivity contribution in [1.82, 2.24) is 10.2 Å². The highest BCUT2D eigenvalue weighted by Crippen LogP contribution is 2.39. The third kappa shape index (κ3) is 3.90. The van der Waals surface area contributed by atoms with E-state index in [9.17, 15) is 23.4 Å². The lowest BCUT2D eigenvalue weighted by molar-refractivity contribution is -0.150. The zero-order valence-corrected chi connectivity index (χ0v) is 16.8. The third-order valence-corrected chi connectivity index (χ3v) is 6.85. The minimum absolute atomic E-state index is 0.0158. The maximum absolute atomic E-state index is 12.9. The molecule has 2 amide bonds. The van der Waals surface area contributed by atoms with Gasteiger partial charge in [0.15, 0.2) is 0 Å². The molecule has 2 aliphatic rings. The molecule has 1 unspecified atom stereocenters. The Hall–Kier alpha value is -2.73. The highest BCUT2D eigenvalue weighted by molar-refractivity contribution is 7.90.